The van der Waals surface area contributed by atoms with Gasteiger partial charge in [0.2, 0.25) is 5.91 Å². The largest absolute Gasteiger partial charge is 0.384 e. The van der Waals surface area contributed by atoms with Crippen LogP contribution in [0.1, 0.15) is 24.5 Å². The first kappa shape index (κ1) is 16.2. The normalized spacial score (nSPS) is 11.3. The number of carbonyl (C=O) groups is 1. The zero-order valence-electron chi connectivity index (χ0n) is 12.0. The fourth-order valence-corrected chi connectivity index (χ4v) is 1.83. The van der Waals surface area contributed by atoms with Crippen LogP contribution in [-0.4, -0.2) is 31.3 Å². The van der Waals surface area contributed by atoms with Gasteiger partial charge in [-0.1, -0.05) is 30.9 Å². The van der Waals surface area contributed by atoms with Gasteiger partial charge in [-0.2, -0.15) is 0 Å². The van der Waals surface area contributed by atoms with E-state index in [9.17, 15) is 4.79 Å². The molecule has 4 nitrogen and oxygen atoms in total. The van der Waals surface area contributed by atoms with Crippen LogP contribution in [0, 0.1) is 17.8 Å². The van der Waals surface area contributed by atoms with Gasteiger partial charge in [0.25, 0.3) is 0 Å². The van der Waals surface area contributed by atoms with Crippen molar-refractivity contribution >= 4 is 5.91 Å². The zero-order valence-corrected chi connectivity index (χ0v) is 12.0. The Kier molecular flexibility index (Phi) is 7.41. The van der Waals surface area contributed by atoms with Crippen molar-refractivity contribution in [3.05, 3.63) is 35.4 Å². The molecule has 20 heavy (non-hydrogen) atoms. The molecule has 0 aliphatic rings. The molecule has 1 aromatic rings. The van der Waals surface area contributed by atoms with Crippen molar-refractivity contribution in [3.8, 4) is 11.8 Å². The minimum Gasteiger partial charge on any atom is -0.384 e. The van der Waals surface area contributed by atoms with Crippen LogP contribution < -0.4 is 5.32 Å². The average Bonchev–Trinajstić information content (AvgIpc) is 2.43. The first-order chi connectivity index (χ1) is 9.65. The molecule has 1 amide bonds. The lowest BCUT2D eigenvalue weighted by atomic mass is 10.1. The predicted octanol–water partition coefficient (Wildman–Crippen LogP) is 1.32. The van der Waals surface area contributed by atoms with E-state index in [0.29, 0.717) is 19.6 Å². The fraction of sp³-hybridized carbons (Fsp3) is 0.438. The second-order valence-corrected chi connectivity index (χ2v) is 4.70. The molecule has 4 heteroatoms. The van der Waals surface area contributed by atoms with E-state index in [1.807, 2.05) is 31.2 Å². The highest BCUT2D eigenvalue weighted by atomic mass is 16.5. The second kappa shape index (κ2) is 9.13. The molecule has 1 rings (SSSR count). The lowest BCUT2D eigenvalue weighted by Crippen LogP contribution is -2.25. The van der Waals surface area contributed by atoms with E-state index in [4.69, 9.17) is 9.84 Å². The molecule has 0 radical (unpaired) electrons. The number of hydrogen-bond donors (Lipinski definition) is 2. The van der Waals surface area contributed by atoms with Gasteiger partial charge in [-0.05, 0) is 23.6 Å². The predicted molar refractivity (Wildman–Crippen MR) is 77.9 cm³/mol. The van der Waals surface area contributed by atoms with Crippen molar-refractivity contribution in [1.82, 2.24) is 5.32 Å². The van der Waals surface area contributed by atoms with Gasteiger partial charge >= 0.3 is 0 Å². The molecule has 0 fully saturated rings. The first-order valence-electron chi connectivity index (χ1n) is 6.60. The number of nitrogens with one attached hydrogen (secondary N) is 1. The quantitative estimate of drug-likeness (QED) is 0.770. The number of carbonyl (C=O) groups excluding carboxylic acids is 1. The van der Waals surface area contributed by atoms with Crippen LogP contribution in [0.4, 0.5) is 0 Å². The summed E-state index contributed by atoms with van der Waals surface area (Å²) in [6.07, 6.45) is 0.456. The molecule has 0 spiro atoms. The number of hydrogen-bond acceptors (Lipinski definition) is 3. The topological polar surface area (TPSA) is 58.6 Å². The third kappa shape index (κ3) is 6.37. The zero-order chi connectivity index (χ0) is 14.8. The number of rotatable bonds is 6. The summed E-state index contributed by atoms with van der Waals surface area (Å²) in [6, 6.07) is 7.59. The monoisotopic (exact) mass is 275 g/mol. The summed E-state index contributed by atoms with van der Waals surface area (Å²) in [4.78, 5) is 11.7. The molecule has 0 saturated carbocycles. The summed E-state index contributed by atoms with van der Waals surface area (Å²) in [5.41, 5.74) is 1.82. The first-order valence-corrected chi connectivity index (χ1v) is 6.60. The molecule has 108 valence electrons. The van der Waals surface area contributed by atoms with Gasteiger partial charge < -0.3 is 15.2 Å². The second-order valence-electron chi connectivity index (χ2n) is 4.70. The third-order valence-corrected chi connectivity index (χ3v) is 2.71. The van der Waals surface area contributed by atoms with Crippen LogP contribution in [0.2, 0.25) is 0 Å². The maximum Gasteiger partial charge on any atom is 0.220 e. The highest BCUT2D eigenvalue weighted by Gasteiger charge is 2.08. The number of benzene rings is 1. The number of ether oxygens (including phenoxy) is 1. The van der Waals surface area contributed by atoms with Gasteiger partial charge in [-0.25, -0.2) is 0 Å². The Morgan fingerprint density at radius 1 is 1.50 bits per heavy atom. The fourth-order valence-electron chi connectivity index (χ4n) is 1.83. The van der Waals surface area contributed by atoms with E-state index in [2.05, 4.69) is 17.2 Å². The molecule has 0 bridgehead atoms. The van der Waals surface area contributed by atoms with Gasteiger partial charge in [0.15, 0.2) is 0 Å². The molecule has 0 aliphatic heterocycles. The highest BCUT2D eigenvalue weighted by Crippen LogP contribution is 2.05. The Labute approximate surface area is 120 Å². The van der Waals surface area contributed by atoms with Gasteiger partial charge in [0.05, 0.1) is 0 Å². The van der Waals surface area contributed by atoms with E-state index in [1.165, 1.54) is 0 Å². The van der Waals surface area contributed by atoms with Gasteiger partial charge in [-0.15, -0.1) is 0 Å². The lowest BCUT2D eigenvalue weighted by molar-refractivity contribution is -0.122. The van der Waals surface area contributed by atoms with Crippen molar-refractivity contribution in [1.29, 1.82) is 0 Å². The summed E-state index contributed by atoms with van der Waals surface area (Å²) in [6.45, 7) is 2.89. The van der Waals surface area contributed by atoms with E-state index in [-0.39, 0.29) is 18.4 Å². The smallest absolute Gasteiger partial charge is 0.220 e. The van der Waals surface area contributed by atoms with E-state index in [1.54, 1.807) is 7.11 Å². The average molecular weight is 275 g/mol. The number of aliphatic hydroxyl groups is 1. The molecule has 0 saturated heterocycles. The molecule has 2 N–H and O–H groups in total. The Bertz CT molecular complexity index is 488. The molecule has 0 aromatic heterocycles. The molecule has 1 atom stereocenters. The third-order valence-electron chi connectivity index (χ3n) is 2.71. The summed E-state index contributed by atoms with van der Waals surface area (Å²) in [7, 11) is 1.63. The Hall–Kier alpha value is -1.83. The Morgan fingerprint density at radius 3 is 3.00 bits per heavy atom. The van der Waals surface area contributed by atoms with Gasteiger partial charge in [0.1, 0.15) is 6.61 Å². The summed E-state index contributed by atoms with van der Waals surface area (Å²) in [5.74, 6) is 5.67. The molecule has 0 aliphatic carbocycles. The highest BCUT2D eigenvalue weighted by molar-refractivity contribution is 5.76. The molecular formula is C16H21NO3. The van der Waals surface area contributed by atoms with E-state index >= 15 is 0 Å². The Balaban J connectivity index is 2.47. The standard InChI is InChI=1S/C16H21NO3/c1-13(12-20-2)9-16(19)17-11-15-6-3-5-14(10-15)7-4-8-18/h3,5-6,10,13,18H,8-9,11-12H2,1-2H3,(H,17,19). The minimum atomic E-state index is -0.154. The van der Waals surface area contributed by atoms with Crippen LogP contribution in [0.5, 0.6) is 0 Å². The van der Waals surface area contributed by atoms with Crippen LogP contribution >= 0.6 is 0 Å². The maximum atomic E-state index is 11.7. The molecule has 0 heterocycles. The lowest BCUT2D eigenvalue weighted by Gasteiger charge is -2.10. The van der Waals surface area contributed by atoms with Crippen LogP contribution in [0.25, 0.3) is 0 Å². The number of aliphatic hydroxyl groups excluding tert-OH is 1. The Morgan fingerprint density at radius 2 is 2.30 bits per heavy atom. The van der Waals surface area contributed by atoms with Crippen LogP contribution in [0.3, 0.4) is 0 Å². The van der Waals surface area contributed by atoms with Crippen molar-refractivity contribution in [2.24, 2.45) is 5.92 Å². The molecule has 1 aromatic carbocycles. The summed E-state index contributed by atoms with van der Waals surface area (Å²) in [5, 5.41) is 11.5. The number of methoxy groups -OCH3 is 1. The minimum absolute atomic E-state index is 0.0152. The van der Waals surface area contributed by atoms with Crippen molar-refractivity contribution in [2.45, 2.75) is 19.9 Å². The molecule has 1 unspecified atom stereocenters. The molecular weight excluding hydrogens is 254 g/mol. The van der Waals surface area contributed by atoms with Crippen LogP contribution in [0.15, 0.2) is 24.3 Å². The maximum absolute atomic E-state index is 11.7. The van der Waals surface area contributed by atoms with Gasteiger partial charge in [0, 0.05) is 32.2 Å². The van der Waals surface area contributed by atoms with E-state index in [0.717, 1.165) is 11.1 Å². The van der Waals surface area contributed by atoms with Gasteiger partial charge in [-0.3, -0.25) is 4.79 Å². The summed E-state index contributed by atoms with van der Waals surface area (Å²) < 4.78 is 5.00. The summed E-state index contributed by atoms with van der Waals surface area (Å²) >= 11 is 0. The van der Waals surface area contributed by atoms with Crippen molar-refractivity contribution in [3.63, 3.8) is 0 Å². The SMILES string of the molecule is COCC(C)CC(=O)NCc1cccc(C#CCO)c1. The number of amides is 1. The van der Waals surface area contributed by atoms with Crippen LogP contribution in [-0.2, 0) is 16.1 Å². The van der Waals surface area contributed by atoms with Crippen molar-refractivity contribution < 1.29 is 14.6 Å². The van der Waals surface area contributed by atoms with Crippen molar-refractivity contribution in [2.75, 3.05) is 20.3 Å². The van der Waals surface area contributed by atoms with E-state index < -0.39 is 0 Å².